The van der Waals surface area contributed by atoms with Crippen LogP contribution in [0.3, 0.4) is 0 Å². The molecule has 1 aromatic rings. The minimum absolute atomic E-state index is 0.150. The van der Waals surface area contributed by atoms with Gasteiger partial charge in [0.1, 0.15) is 6.10 Å². The molecule has 0 aromatic carbocycles. The van der Waals surface area contributed by atoms with E-state index in [1.165, 1.54) is 0 Å². The number of rotatable bonds is 2. The smallest absolute Gasteiger partial charge is 0.410 e. The van der Waals surface area contributed by atoms with Crippen molar-refractivity contribution in [3.8, 4) is 0 Å². The van der Waals surface area contributed by atoms with Gasteiger partial charge in [-0.25, -0.2) is 4.79 Å². The van der Waals surface area contributed by atoms with Crippen molar-refractivity contribution >= 4 is 6.09 Å². The van der Waals surface area contributed by atoms with E-state index in [2.05, 4.69) is 4.98 Å². The number of nitrogens with zero attached hydrogens (tertiary/aromatic N) is 2. The van der Waals surface area contributed by atoms with Crippen molar-refractivity contribution in [3.63, 3.8) is 0 Å². The number of aromatic nitrogens is 1. The summed E-state index contributed by atoms with van der Waals surface area (Å²) >= 11 is 0. The Morgan fingerprint density at radius 3 is 2.67 bits per heavy atom. The first-order chi connectivity index (χ1) is 7.18. The van der Waals surface area contributed by atoms with Crippen LogP contribution in [0.15, 0.2) is 24.5 Å². The predicted molar refractivity (Wildman–Crippen MR) is 55.3 cm³/mol. The highest BCUT2D eigenvalue weighted by Gasteiger charge is 2.33. The molecule has 0 radical (unpaired) electrons. The van der Waals surface area contributed by atoms with E-state index >= 15 is 0 Å². The summed E-state index contributed by atoms with van der Waals surface area (Å²) in [6.07, 6.45) is 3.04. The molecule has 15 heavy (non-hydrogen) atoms. The van der Waals surface area contributed by atoms with Crippen LogP contribution < -0.4 is 0 Å². The van der Waals surface area contributed by atoms with Gasteiger partial charge in [-0.15, -0.1) is 0 Å². The van der Waals surface area contributed by atoms with Crippen molar-refractivity contribution in [3.05, 3.63) is 30.1 Å². The monoisotopic (exact) mass is 206 g/mol. The van der Waals surface area contributed by atoms with E-state index in [1.54, 1.807) is 17.3 Å². The maximum absolute atomic E-state index is 11.5. The van der Waals surface area contributed by atoms with E-state index in [1.807, 2.05) is 26.0 Å². The largest absolute Gasteiger partial charge is 0.439 e. The van der Waals surface area contributed by atoms with E-state index in [-0.39, 0.29) is 18.2 Å². The summed E-state index contributed by atoms with van der Waals surface area (Å²) in [6.45, 7) is 4.59. The van der Waals surface area contributed by atoms with Gasteiger partial charge in [-0.3, -0.25) is 4.98 Å². The van der Waals surface area contributed by atoms with E-state index < -0.39 is 0 Å². The molecule has 0 N–H and O–H groups in total. The lowest BCUT2D eigenvalue weighted by Crippen LogP contribution is -2.31. The molecule has 1 atom stereocenters. The van der Waals surface area contributed by atoms with Crippen LogP contribution in [-0.2, 0) is 4.74 Å². The Morgan fingerprint density at radius 2 is 2.13 bits per heavy atom. The van der Waals surface area contributed by atoms with Crippen LogP contribution in [0.2, 0.25) is 0 Å². The summed E-state index contributed by atoms with van der Waals surface area (Å²) < 4.78 is 5.28. The van der Waals surface area contributed by atoms with Crippen LogP contribution >= 0.6 is 0 Å². The van der Waals surface area contributed by atoms with Crippen molar-refractivity contribution < 1.29 is 9.53 Å². The van der Waals surface area contributed by atoms with Crippen LogP contribution in [0.1, 0.15) is 25.5 Å². The number of pyridine rings is 1. The van der Waals surface area contributed by atoms with Gasteiger partial charge in [-0.1, -0.05) is 0 Å². The first-order valence-corrected chi connectivity index (χ1v) is 5.05. The standard InChI is InChI=1S/C11H14N2O2/c1-8(2)13-7-10(15-11(13)14)9-3-5-12-6-4-9/h3-6,8,10H,7H2,1-2H3. The Hall–Kier alpha value is -1.58. The second-order valence-corrected chi connectivity index (χ2v) is 3.90. The van der Waals surface area contributed by atoms with E-state index in [9.17, 15) is 4.79 Å². The third-order valence-corrected chi connectivity index (χ3v) is 2.54. The predicted octanol–water partition coefficient (Wildman–Crippen LogP) is 1.98. The van der Waals surface area contributed by atoms with Gasteiger partial charge in [0.15, 0.2) is 0 Å². The fourth-order valence-electron chi connectivity index (χ4n) is 1.65. The van der Waals surface area contributed by atoms with Crippen LogP contribution in [0.25, 0.3) is 0 Å². The Bertz CT molecular complexity index is 351. The van der Waals surface area contributed by atoms with Crippen molar-refractivity contribution in [2.75, 3.05) is 6.54 Å². The summed E-state index contributed by atoms with van der Waals surface area (Å²) in [5, 5.41) is 0. The fraction of sp³-hybridized carbons (Fsp3) is 0.455. The molecule has 0 saturated carbocycles. The maximum Gasteiger partial charge on any atom is 0.410 e. The molecule has 1 aliphatic heterocycles. The molecule has 1 amide bonds. The topological polar surface area (TPSA) is 42.4 Å². The number of hydrogen-bond donors (Lipinski definition) is 0. The summed E-state index contributed by atoms with van der Waals surface area (Å²) in [5.74, 6) is 0. The third kappa shape index (κ3) is 1.93. The van der Waals surface area contributed by atoms with Gasteiger partial charge in [0.05, 0.1) is 6.54 Å². The number of ether oxygens (including phenoxy) is 1. The number of carbonyl (C=O) groups excluding carboxylic acids is 1. The van der Waals surface area contributed by atoms with E-state index in [0.29, 0.717) is 6.54 Å². The number of carbonyl (C=O) groups is 1. The summed E-state index contributed by atoms with van der Waals surface area (Å²) in [7, 11) is 0. The molecular formula is C11H14N2O2. The van der Waals surface area contributed by atoms with Gasteiger partial charge < -0.3 is 9.64 Å². The number of amides is 1. The van der Waals surface area contributed by atoms with Gasteiger partial charge in [-0.2, -0.15) is 0 Å². The van der Waals surface area contributed by atoms with Gasteiger partial charge in [-0.05, 0) is 31.5 Å². The molecule has 0 aliphatic carbocycles. The van der Waals surface area contributed by atoms with Crippen molar-refractivity contribution in [2.24, 2.45) is 0 Å². The lowest BCUT2D eigenvalue weighted by atomic mass is 10.1. The zero-order valence-corrected chi connectivity index (χ0v) is 8.88. The summed E-state index contributed by atoms with van der Waals surface area (Å²) in [5.41, 5.74) is 1.00. The summed E-state index contributed by atoms with van der Waals surface area (Å²) in [4.78, 5) is 17.2. The highest BCUT2D eigenvalue weighted by Crippen LogP contribution is 2.26. The molecule has 1 saturated heterocycles. The molecule has 0 bridgehead atoms. The molecule has 0 spiro atoms. The zero-order valence-electron chi connectivity index (χ0n) is 8.88. The Balaban J connectivity index is 2.13. The normalized spacial score (nSPS) is 20.9. The van der Waals surface area contributed by atoms with Crippen LogP contribution in [0.5, 0.6) is 0 Å². The Labute approximate surface area is 88.9 Å². The Kier molecular flexibility index (Phi) is 2.58. The highest BCUT2D eigenvalue weighted by molar-refractivity contribution is 5.70. The molecular weight excluding hydrogens is 192 g/mol. The van der Waals surface area contributed by atoms with Crippen LogP contribution in [-0.4, -0.2) is 28.6 Å². The molecule has 4 nitrogen and oxygen atoms in total. The van der Waals surface area contributed by atoms with Crippen molar-refractivity contribution in [1.29, 1.82) is 0 Å². The second kappa shape index (κ2) is 3.88. The van der Waals surface area contributed by atoms with Gasteiger partial charge >= 0.3 is 6.09 Å². The third-order valence-electron chi connectivity index (χ3n) is 2.54. The van der Waals surface area contributed by atoms with Crippen molar-refractivity contribution in [2.45, 2.75) is 26.0 Å². The molecule has 1 aromatic heterocycles. The first kappa shape index (κ1) is 9.96. The van der Waals surface area contributed by atoms with Gasteiger partial charge in [0.25, 0.3) is 0 Å². The maximum atomic E-state index is 11.5. The molecule has 1 aliphatic rings. The second-order valence-electron chi connectivity index (χ2n) is 3.90. The molecule has 1 fully saturated rings. The molecule has 2 rings (SSSR count). The van der Waals surface area contributed by atoms with Gasteiger partial charge in [0.2, 0.25) is 0 Å². The lowest BCUT2D eigenvalue weighted by Gasteiger charge is -2.16. The zero-order chi connectivity index (χ0) is 10.8. The Morgan fingerprint density at radius 1 is 1.47 bits per heavy atom. The van der Waals surface area contributed by atoms with Crippen LogP contribution in [0.4, 0.5) is 4.79 Å². The van der Waals surface area contributed by atoms with Crippen LogP contribution in [0, 0.1) is 0 Å². The molecule has 80 valence electrons. The average Bonchev–Trinajstić information content (AvgIpc) is 2.62. The molecule has 4 heteroatoms. The molecule has 2 heterocycles. The average molecular weight is 206 g/mol. The number of hydrogen-bond acceptors (Lipinski definition) is 3. The lowest BCUT2D eigenvalue weighted by molar-refractivity contribution is 0.130. The van der Waals surface area contributed by atoms with Gasteiger partial charge in [0, 0.05) is 18.4 Å². The molecule has 1 unspecified atom stereocenters. The van der Waals surface area contributed by atoms with E-state index in [4.69, 9.17) is 4.74 Å². The highest BCUT2D eigenvalue weighted by atomic mass is 16.6. The minimum Gasteiger partial charge on any atom is -0.439 e. The fourth-order valence-corrected chi connectivity index (χ4v) is 1.65. The minimum atomic E-state index is -0.230. The first-order valence-electron chi connectivity index (χ1n) is 5.05. The summed E-state index contributed by atoms with van der Waals surface area (Å²) in [6, 6.07) is 3.94. The quantitative estimate of drug-likeness (QED) is 0.743. The van der Waals surface area contributed by atoms with Crippen molar-refractivity contribution in [1.82, 2.24) is 9.88 Å². The SMILES string of the molecule is CC(C)N1CC(c2ccncc2)OC1=O. The van der Waals surface area contributed by atoms with E-state index in [0.717, 1.165) is 5.56 Å². The number of cyclic esters (lactones) is 1.